The minimum Gasteiger partial charge on any atom is -0.462 e. The van der Waals surface area contributed by atoms with Crippen molar-refractivity contribution < 1.29 is 80.2 Å². The molecule has 0 fully saturated rings. The molecule has 0 spiro atoms. The molecule has 0 heterocycles. The van der Waals surface area contributed by atoms with E-state index in [1.54, 1.807) is 0 Å². The highest BCUT2D eigenvalue weighted by Gasteiger charge is 2.30. The fraction of sp³-hybridized carbons (Fsp3) is 0.560. The molecule has 19 heteroatoms. The zero-order chi connectivity index (χ0) is 80.3. The third-order valence-electron chi connectivity index (χ3n) is 16.0. The van der Waals surface area contributed by atoms with Gasteiger partial charge in [0, 0.05) is 25.7 Å². The normalized spacial score (nSPS) is 14.9. The standard InChI is InChI=1S/C91H142O17P2/c1-5-9-13-17-21-25-29-33-37-40-42-45-49-52-56-60-64-68-72-76-89(94)102-82-87(108-91(96)78-74-70-66-62-58-54-50-46-43-41-38-34-30-26-22-18-14-10-6-2)84-106-110(99,100)104-80-85(92)79-103-109(97,98)105-83-86(107-90(95)77-73-69-65-61-57-53-47-36-32-28-24-20-16-12-8-4)81-101-88(93)75-71-67-63-59-55-51-48-44-39-35-31-27-23-19-15-11-7-3/h9-16,21-28,33-39,42-43,45-47,52,54,56,58,64,66,68,70,85-87,92H,5-8,17-20,29-32,40-41,44,48-51,53,55,57,59-63,65,67,69,71-84H2,1-4H3,(H,97,98)(H,99,100)/b13-9-,14-10-,15-11-,16-12-,25-21-,26-22-,27-23-,28-24-,37-33-,38-34-,39-35-,45-42-,46-43-,47-36-,56-52-,58-54-,68-64-,70-66-. The Morgan fingerprint density at radius 3 is 0.755 bits per heavy atom. The number of aliphatic hydroxyl groups is 1. The first-order chi connectivity index (χ1) is 53.7. The molecule has 0 aliphatic heterocycles. The van der Waals surface area contributed by atoms with Crippen molar-refractivity contribution in [1.29, 1.82) is 0 Å². The van der Waals surface area contributed by atoms with E-state index in [9.17, 15) is 43.2 Å². The van der Waals surface area contributed by atoms with Gasteiger partial charge in [0.1, 0.15) is 19.3 Å². The van der Waals surface area contributed by atoms with Crippen molar-refractivity contribution in [1.82, 2.24) is 0 Å². The molecule has 0 saturated heterocycles. The molecule has 0 amide bonds. The highest BCUT2D eigenvalue weighted by molar-refractivity contribution is 7.47. The van der Waals surface area contributed by atoms with Crippen molar-refractivity contribution in [3.8, 4) is 0 Å². The average Bonchev–Trinajstić information content (AvgIpc) is 0.900. The predicted molar refractivity (Wildman–Crippen MR) is 454 cm³/mol. The summed E-state index contributed by atoms with van der Waals surface area (Å²) in [6.45, 7) is 4.19. The first-order valence-electron chi connectivity index (χ1n) is 41.0. The van der Waals surface area contributed by atoms with E-state index in [1.165, 1.54) is 0 Å². The topological polar surface area (TPSA) is 237 Å². The van der Waals surface area contributed by atoms with Crippen LogP contribution in [0.5, 0.6) is 0 Å². The summed E-state index contributed by atoms with van der Waals surface area (Å²) in [6.07, 6.45) is 102. The summed E-state index contributed by atoms with van der Waals surface area (Å²) in [7, 11) is -10.0. The molecular formula is C91H142O17P2. The molecule has 0 rings (SSSR count). The maximum absolute atomic E-state index is 13.1. The molecular weight excluding hydrogens is 1430 g/mol. The van der Waals surface area contributed by atoms with E-state index in [4.69, 9.17) is 37.0 Å². The van der Waals surface area contributed by atoms with Gasteiger partial charge in [0.15, 0.2) is 12.2 Å². The molecule has 110 heavy (non-hydrogen) atoms. The molecule has 0 radical (unpaired) electrons. The van der Waals surface area contributed by atoms with Crippen LogP contribution in [0.4, 0.5) is 0 Å². The van der Waals surface area contributed by atoms with Crippen LogP contribution in [0.25, 0.3) is 0 Å². The van der Waals surface area contributed by atoms with Crippen molar-refractivity contribution in [2.45, 2.75) is 290 Å². The molecule has 0 saturated carbocycles. The van der Waals surface area contributed by atoms with Gasteiger partial charge in [-0.1, -0.05) is 298 Å². The summed E-state index contributed by atoms with van der Waals surface area (Å²) in [6, 6.07) is 0. The quantitative estimate of drug-likeness (QED) is 0.0169. The average molecular weight is 1570 g/mol. The van der Waals surface area contributed by atoms with Crippen LogP contribution in [0.2, 0.25) is 0 Å². The molecule has 0 aromatic rings. The highest BCUT2D eigenvalue weighted by Crippen LogP contribution is 2.45. The molecule has 5 unspecified atom stereocenters. The molecule has 0 aliphatic rings. The Hall–Kier alpha value is -6.62. The van der Waals surface area contributed by atoms with Gasteiger partial charge in [-0.3, -0.25) is 37.3 Å². The van der Waals surface area contributed by atoms with Gasteiger partial charge in [-0.05, 0) is 167 Å². The second-order valence-corrected chi connectivity index (χ2v) is 29.1. The Bertz CT molecular complexity index is 2950. The smallest absolute Gasteiger partial charge is 0.462 e. The van der Waals surface area contributed by atoms with Gasteiger partial charge in [-0.2, -0.15) is 0 Å². The lowest BCUT2D eigenvalue weighted by molar-refractivity contribution is -0.161. The third kappa shape index (κ3) is 79.5. The highest BCUT2D eigenvalue weighted by atomic mass is 31.2. The summed E-state index contributed by atoms with van der Waals surface area (Å²) in [5, 5.41) is 10.7. The van der Waals surface area contributed by atoms with Gasteiger partial charge >= 0.3 is 39.5 Å². The van der Waals surface area contributed by atoms with Crippen LogP contribution in [0.1, 0.15) is 272 Å². The van der Waals surface area contributed by atoms with Crippen molar-refractivity contribution >= 4 is 39.5 Å². The molecule has 5 atom stereocenters. The van der Waals surface area contributed by atoms with Crippen molar-refractivity contribution in [3.63, 3.8) is 0 Å². The first kappa shape index (κ1) is 103. The lowest BCUT2D eigenvalue weighted by Crippen LogP contribution is -2.30. The van der Waals surface area contributed by atoms with Gasteiger partial charge in [-0.15, -0.1) is 0 Å². The number of hydrogen-bond acceptors (Lipinski definition) is 15. The number of aliphatic hydroxyl groups excluding tert-OH is 1. The van der Waals surface area contributed by atoms with Crippen LogP contribution in [0.15, 0.2) is 219 Å². The Labute approximate surface area is 664 Å². The largest absolute Gasteiger partial charge is 0.472 e. The Kier molecular flexibility index (Phi) is 75.6. The molecule has 0 aliphatic carbocycles. The van der Waals surface area contributed by atoms with Crippen LogP contribution >= 0.6 is 15.6 Å². The number of unbranched alkanes of at least 4 members (excludes halogenated alkanes) is 12. The Morgan fingerprint density at radius 1 is 0.255 bits per heavy atom. The van der Waals surface area contributed by atoms with Gasteiger partial charge in [0.25, 0.3) is 0 Å². The molecule has 618 valence electrons. The van der Waals surface area contributed by atoms with E-state index in [0.29, 0.717) is 38.5 Å². The molecule has 0 bridgehead atoms. The second-order valence-electron chi connectivity index (χ2n) is 26.2. The van der Waals surface area contributed by atoms with E-state index >= 15 is 0 Å². The lowest BCUT2D eigenvalue weighted by Gasteiger charge is -2.21. The monoisotopic (exact) mass is 1570 g/mol. The molecule has 17 nitrogen and oxygen atoms in total. The van der Waals surface area contributed by atoms with Crippen LogP contribution in [-0.4, -0.2) is 96.7 Å². The number of rotatable bonds is 74. The first-order valence-corrected chi connectivity index (χ1v) is 44.0. The number of allylic oxidation sites excluding steroid dienone is 36. The maximum atomic E-state index is 13.1. The van der Waals surface area contributed by atoms with E-state index in [1.807, 2.05) is 36.5 Å². The predicted octanol–water partition coefficient (Wildman–Crippen LogP) is 24.4. The van der Waals surface area contributed by atoms with E-state index in [-0.39, 0.29) is 25.7 Å². The summed E-state index contributed by atoms with van der Waals surface area (Å²) < 4.78 is 68.5. The molecule has 3 N–H and O–H groups in total. The Balaban J connectivity index is 5.56. The summed E-state index contributed by atoms with van der Waals surface area (Å²) in [4.78, 5) is 73.1. The fourth-order valence-corrected chi connectivity index (χ4v) is 11.5. The van der Waals surface area contributed by atoms with Crippen LogP contribution < -0.4 is 0 Å². The minimum absolute atomic E-state index is 0.0103. The number of esters is 4. The zero-order valence-electron chi connectivity index (χ0n) is 67.6. The molecule has 0 aromatic carbocycles. The van der Waals surface area contributed by atoms with Crippen LogP contribution in [0, 0.1) is 0 Å². The van der Waals surface area contributed by atoms with Gasteiger partial charge in [0.2, 0.25) is 0 Å². The van der Waals surface area contributed by atoms with Crippen molar-refractivity contribution in [3.05, 3.63) is 219 Å². The summed E-state index contributed by atoms with van der Waals surface area (Å²) in [5.74, 6) is -2.43. The van der Waals surface area contributed by atoms with E-state index in [0.717, 1.165) is 180 Å². The lowest BCUT2D eigenvalue weighted by atomic mass is 10.1. The fourth-order valence-electron chi connectivity index (χ4n) is 9.89. The molecule has 0 aromatic heterocycles. The minimum atomic E-state index is -5.03. The number of carbonyl (C=O) groups excluding carboxylic acids is 4. The van der Waals surface area contributed by atoms with Gasteiger partial charge in [0.05, 0.1) is 26.4 Å². The number of carbonyl (C=O) groups is 4. The Morgan fingerprint density at radius 2 is 0.464 bits per heavy atom. The number of phosphoric ester groups is 2. The SMILES string of the molecule is CC/C=C\C/C=C\C/C=C\C/C=C\C/C=C\C/C=C\CCC(=O)OCC(COP(=O)(O)OCC(O)COP(=O)(O)OCC(COC(=O)CCCCCCCCC/C=C\C/C=C\C/C=C\CC)OC(=O)CCCCCCC/C=C\C/C=C\C/C=C\CC)OC(=O)CC/C=C\C/C=C\C/C=C\C/C=C\C/C=C\C/C=C\CC. The van der Waals surface area contributed by atoms with E-state index in [2.05, 4.69) is 210 Å². The third-order valence-corrected chi connectivity index (χ3v) is 17.9. The van der Waals surface area contributed by atoms with E-state index < -0.39 is 97.5 Å². The second kappa shape index (κ2) is 80.4. The number of ether oxygens (including phenoxy) is 4. The van der Waals surface area contributed by atoms with Crippen molar-refractivity contribution in [2.24, 2.45) is 0 Å². The summed E-state index contributed by atoms with van der Waals surface area (Å²) in [5.41, 5.74) is 0. The summed E-state index contributed by atoms with van der Waals surface area (Å²) >= 11 is 0. The zero-order valence-corrected chi connectivity index (χ0v) is 69.4. The van der Waals surface area contributed by atoms with Crippen LogP contribution in [0.3, 0.4) is 0 Å². The van der Waals surface area contributed by atoms with Gasteiger partial charge in [-0.25, -0.2) is 9.13 Å². The van der Waals surface area contributed by atoms with Gasteiger partial charge < -0.3 is 33.8 Å². The van der Waals surface area contributed by atoms with Crippen molar-refractivity contribution in [2.75, 3.05) is 39.6 Å². The number of phosphoric acid groups is 2. The van der Waals surface area contributed by atoms with Crippen LogP contribution in [-0.2, 0) is 65.4 Å². The number of hydrogen-bond donors (Lipinski definition) is 3. The maximum Gasteiger partial charge on any atom is 0.472 e.